The molecule has 10 heteroatoms. The number of carbonyl (C=O) groups is 2. The van der Waals surface area contributed by atoms with Gasteiger partial charge in [0, 0.05) is 22.2 Å². The second kappa shape index (κ2) is 8.24. The van der Waals surface area contributed by atoms with Gasteiger partial charge in [0.05, 0.1) is 35.2 Å². The molecule has 4 heterocycles. The number of benzene rings is 1. The molecule has 0 aliphatic carbocycles. The quantitative estimate of drug-likeness (QED) is 0.362. The van der Waals surface area contributed by atoms with Crippen molar-refractivity contribution in [1.29, 1.82) is 0 Å². The van der Waals surface area contributed by atoms with Gasteiger partial charge in [-0.3, -0.25) is 19.5 Å². The maximum atomic E-state index is 13.2. The Balaban J connectivity index is 1.43. The Bertz CT molecular complexity index is 1160. The van der Waals surface area contributed by atoms with Gasteiger partial charge in [0.2, 0.25) is 5.88 Å². The first-order valence-corrected chi connectivity index (χ1v) is 11.7. The SMILES string of the molecule is COc1nccc(I)c1C1=Nc2cc3c(cc2C1)C(=O)N(C1CCN(B(C)O)CC1)C3=O. The summed E-state index contributed by atoms with van der Waals surface area (Å²) in [5, 5.41) is 9.78. The lowest BCUT2D eigenvalue weighted by atomic mass is 9.82. The number of nitrogens with zero attached hydrogens (tertiary/aromatic N) is 4. The highest BCUT2D eigenvalue weighted by Gasteiger charge is 2.42. The minimum absolute atomic E-state index is 0.146. The molecule has 164 valence electrons. The molecule has 1 N–H and O–H groups in total. The van der Waals surface area contributed by atoms with E-state index in [1.54, 1.807) is 26.2 Å². The van der Waals surface area contributed by atoms with Crippen LogP contribution in [0.3, 0.4) is 0 Å². The fourth-order valence-electron chi connectivity index (χ4n) is 4.78. The van der Waals surface area contributed by atoms with Crippen molar-refractivity contribution < 1.29 is 19.3 Å². The number of ether oxygens (including phenoxy) is 1. The first kappa shape index (κ1) is 21.5. The van der Waals surface area contributed by atoms with E-state index in [4.69, 9.17) is 9.73 Å². The van der Waals surface area contributed by atoms with E-state index < -0.39 is 7.05 Å². The Morgan fingerprint density at radius 1 is 1.19 bits per heavy atom. The summed E-state index contributed by atoms with van der Waals surface area (Å²) in [7, 11) is 1.06. The van der Waals surface area contributed by atoms with Crippen LogP contribution in [0.5, 0.6) is 5.88 Å². The zero-order chi connectivity index (χ0) is 22.6. The van der Waals surface area contributed by atoms with Crippen LogP contribution in [0.15, 0.2) is 29.4 Å². The second-order valence-electron chi connectivity index (χ2n) is 8.32. The first-order valence-electron chi connectivity index (χ1n) is 10.6. The van der Waals surface area contributed by atoms with Gasteiger partial charge in [0.25, 0.3) is 11.8 Å². The number of piperidine rings is 1. The molecule has 0 atom stereocenters. The molecule has 5 rings (SSSR count). The van der Waals surface area contributed by atoms with E-state index in [2.05, 4.69) is 27.6 Å². The van der Waals surface area contributed by atoms with E-state index in [-0.39, 0.29) is 17.9 Å². The molecule has 1 aromatic heterocycles. The summed E-state index contributed by atoms with van der Waals surface area (Å²) in [5.41, 5.74) is 4.18. The van der Waals surface area contributed by atoms with Crippen LogP contribution >= 0.6 is 22.6 Å². The van der Waals surface area contributed by atoms with Crippen LogP contribution in [0.25, 0.3) is 0 Å². The lowest BCUT2D eigenvalue weighted by Gasteiger charge is -2.36. The van der Waals surface area contributed by atoms with Crippen LogP contribution < -0.4 is 4.74 Å². The highest BCUT2D eigenvalue weighted by atomic mass is 127. The van der Waals surface area contributed by atoms with Gasteiger partial charge in [-0.25, -0.2) is 4.98 Å². The average Bonchev–Trinajstić information content (AvgIpc) is 3.30. The molecule has 2 aromatic rings. The lowest BCUT2D eigenvalue weighted by molar-refractivity contribution is 0.0531. The number of amides is 2. The number of carbonyl (C=O) groups excluding carboxylic acids is 2. The lowest BCUT2D eigenvalue weighted by Crippen LogP contribution is -2.50. The Labute approximate surface area is 199 Å². The number of halogens is 1. The molecule has 3 aliphatic rings. The summed E-state index contributed by atoms with van der Waals surface area (Å²) in [6.07, 6.45) is 3.57. The van der Waals surface area contributed by atoms with Gasteiger partial charge >= 0.3 is 7.05 Å². The van der Waals surface area contributed by atoms with Gasteiger partial charge in [0.15, 0.2) is 0 Å². The molecule has 2 amide bonds. The third-order valence-electron chi connectivity index (χ3n) is 6.47. The predicted octanol–water partition coefficient (Wildman–Crippen LogP) is 2.54. The molecule has 0 unspecified atom stereocenters. The summed E-state index contributed by atoms with van der Waals surface area (Å²) in [6.45, 7) is 3.05. The van der Waals surface area contributed by atoms with Crippen molar-refractivity contribution in [3.8, 4) is 5.88 Å². The Hall–Kier alpha value is -2.31. The maximum Gasteiger partial charge on any atom is 0.376 e. The van der Waals surface area contributed by atoms with Gasteiger partial charge < -0.3 is 14.6 Å². The van der Waals surface area contributed by atoms with Crippen molar-refractivity contribution in [2.24, 2.45) is 4.99 Å². The third kappa shape index (κ3) is 3.44. The van der Waals surface area contributed by atoms with Gasteiger partial charge in [-0.15, -0.1) is 0 Å². The number of hydrogen-bond donors (Lipinski definition) is 1. The number of rotatable bonds is 4. The van der Waals surface area contributed by atoms with Crippen molar-refractivity contribution in [2.75, 3.05) is 20.2 Å². The molecule has 0 spiro atoms. The predicted molar refractivity (Wildman–Crippen MR) is 129 cm³/mol. The van der Waals surface area contributed by atoms with E-state index in [0.29, 0.717) is 55.0 Å². The zero-order valence-corrected chi connectivity index (χ0v) is 20.0. The monoisotopic (exact) mass is 544 g/mol. The number of aromatic nitrogens is 1. The largest absolute Gasteiger partial charge is 0.480 e. The molecule has 1 fully saturated rings. The van der Waals surface area contributed by atoms with E-state index >= 15 is 0 Å². The van der Waals surface area contributed by atoms with E-state index in [1.165, 1.54) is 4.90 Å². The molecule has 32 heavy (non-hydrogen) atoms. The Morgan fingerprint density at radius 2 is 1.88 bits per heavy atom. The third-order valence-corrected chi connectivity index (χ3v) is 7.37. The summed E-state index contributed by atoms with van der Waals surface area (Å²) in [5.74, 6) is 0.0311. The van der Waals surface area contributed by atoms with Gasteiger partial charge in [0.1, 0.15) is 0 Å². The van der Waals surface area contributed by atoms with Crippen molar-refractivity contribution in [3.63, 3.8) is 0 Å². The zero-order valence-electron chi connectivity index (χ0n) is 17.8. The first-order chi connectivity index (χ1) is 15.4. The highest BCUT2D eigenvalue weighted by Crippen LogP contribution is 2.38. The van der Waals surface area contributed by atoms with Crippen LogP contribution in [0, 0.1) is 3.57 Å². The molecule has 0 bridgehead atoms. The smallest absolute Gasteiger partial charge is 0.376 e. The summed E-state index contributed by atoms with van der Waals surface area (Å²) in [6, 6.07) is 5.32. The van der Waals surface area contributed by atoms with Gasteiger partial charge in [-0.2, -0.15) is 0 Å². The van der Waals surface area contributed by atoms with Crippen LogP contribution in [0.2, 0.25) is 6.82 Å². The summed E-state index contributed by atoms with van der Waals surface area (Å²) >= 11 is 2.23. The topological polar surface area (TPSA) is 95.3 Å². The van der Waals surface area contributed by atoms with Gasteiger partial charge in [-0.05, 0) is 79.1 Å². The Morgan fingerprint density at radius 3 is 2.53 bits per heavy atom. The molecule has 0 radical (unpaired) electrons. The average molecular weight is 544 g/mol. The van der Waals surface area contributed by atoms with Crippen molar-refractivity contribution >= 4 is 52.9 Å². The molecular weight excluding hydrogens is 522 g/mol. The van der Waals surface area contributed by atoms with E-state index in [0.717, 1.165) is 20.4 Å². The number of pyridine rings is 1. The highest BCUT2D eigenvalue weighted by molar-refractivity contribution is 14.1. The van der Waals surface area contributed by atoms with Crippen LogP contribution in [-0.4, -0.2) is 70.5 Å². The standard InChI is InChI=1S/C22H22BIN4O4/c1-23(31)27-7-4-13(5-8-27)28-21(29)14-9-12-10-18(26-17(12)11-15(14)22(28)30)19-16(24)3-6-25-20(19)32-2/h3,6,9,11,13,31H,4-5,7-8,10H2,1-2H3. The summed E-state index contributed by atoms with van der Waals surface area (Å²) in [4.78, 5) is 38.8. The number of aliphatic imine (C=N–C) groups is 1. The van der Waals surface area contributed by atoms with Crippen molar-refractivity contribution in [3.05, 3.63) is 50.2 Å². The maximum absolute atomic E-state index is 13.2. The molecule has 8 nitrogen and oxygen atoms in total. The number of methoxy groups -OCH3 is 1. The number of hydrogen-bond acceptors (Lipinski definition) is 7. The molecule has 0 saturated carbocycles. The van der Waals surface area contributed by atoms with Crippen molar-refractivity contribution in [1.82, 2.24) is 14.7 Å². The fourth-order valence-corrected chi connectivity index (χ4v) is 5.48. The molecular formula is C22H22BIN4O4. The van der Waals surface area contributed by atoms with E-state index in [9.17, 15) is 14.6 Å². The fraction of sp³-hybridized carbons (Fsp3) is 0.364. The van der Waals surface area contributed by atoms with E-state index in [1.807, 2.05) is 16.9 Å². The number of imide groups is 1. The molecule has 1 saturated heterocycles. The Kier molecular flexibility index (Phi) is 5.54. The van der Waals surface area contributed by atoms with Gasteiger partial charge in [-0.1, -0.05) is 0 Å². The van der Waals surface area contributed by atoms with Crippen LogP contribution in [0.1, 0.15) is 44.7 Å². The molecule has 3 aliphatic heterocycles. The van der Waals surface area contributed by atoms with Crippen molar-refractivity contribution in [2.45, 2.75) is 32.1 Å². The summed E-state index contributed by atoms with van der Waals surface area (Å²) < 4.78 is 6.41. The van der Waals surface area contributed by atoms with Crippen LogP contribution in [-0.2, 0) is 6.42 Å². The molecule has 1 aromatic carbocycles. The second-order valence-corrected chi connectivity index (χ2v) is 9.48. The normalized spacial score (nSPS) is 18.6. The number of fused-ring (bicyclic) bond motifs is 2. The van der Waals surface area contributed by atoms with Crippen LogP contribution in [0.4, 0.5) is 5.69 Å². The minimum Gasteiger partial charge on any atom is -0.480 e. The minimum atomic E-state index is -0.519.